The first kappa shape index (κ1) is 21.3. The maximum absolute atomic E-state index is 12.6. The average molecular weight is 405 g/mol. The van der Waals surface area contributed by atoms with Crippen LogP contribution in [0, 0.1) is 0 Å². The lowest BCUT2D eigenvalue weighted by Crippen LogP contribution is -2.37. The molecule has 0 aliphatic heterocycles. The monoisotopic (exact) mass is 405 g/mol. The highest BCUT2D eigenvalue weighted by atomic mass is 16.3. The number of nitrogens with one attached hydrogen (secondary N) is 2. The fraction of sp³-hybridized carbons (Fsp3) is 0.250. The molecule has 1 aromatic heterocycles. The predicted octanol–water partition coefficient (Wildman–Crippen LogP) is 4.34. The molecule has 2 aromatic carbocycles. The number of furan rings is 1. The van der Waals surface area contributed by atoms with Crippen LogP contribution in [0.15, 0.2) is 77.4 Å². The number of anilines is 1. The molecule has 1 heterocycles. The van der Waals surface area contributed by atoms with E-state index < -0.39 is 0 Å². The second-order valence-corrected chi connectivity index (χ2v) is 6.86. The molecule has 0 radical (unpaired) electrons. The minimum Gasteiger partial charge on any atom is -0.468 e. The Kier molecular flexibility index (Phi) is 7.40. The van der Waals surface area contributed by atoms with Crippen LogP contribution in [0.4, 0.5) is 5.69 Å². The molecule has 0 saturated heterocycles. The molecule has 0 aliphatic rings. The van der Waals surface area contributed by atoms with E-state index in [9.17, 15) is 9.59 Å². The summed E-state index contributed by atoms with van der Waals surface area (Å²) < 4.78 is 5.57. The number of nitrogens with zero attached hydrogens (tertiary/aromatic N) is 1. The largest absolute Gasteiger partial charge is 0.468 e. The van der Waals surface area contributed by atoms with Crippen molar-refractivity contribution in [1.82, 2.24) is 10.2 Å². The Labute approximate surface area is 176 Å². The summed E-state index contributed by atoms with van der Waals surface area (Å²) in [5.74, 6) is 0.478. The van der Waals surface area contributed by atoms with Crippen molar-refractivity contribution in [3.63, 3.8) is 0 Å². The van der Waals surface area contributed by atoms with E-state index in [-0.39, 0.29) is 17.9 Å². The Bertz CT molecular complexity index is 934. The molecule has 0 spiro atoms. The molecule has 6 nitrogen and oxygen atoms in total. The third-order valence-electron chi connectivity index (χ3n) is 5.02. The predicted molar refractivity (Wildman–Crippen MR) is 118 cm³/mol. The summed E-state index contributed by atoms with van der Waals surface area (Å²) in [6, 6.07) is 19.6. The first-order valence-electron chi connectivity index (χ1n) is 10.1. The van der Waals surface area contributed by atoms with Gasteiger partial charge in [-0.15, -0.1) is 0 Å². The van der Waals surface area contributed by atoms with Gasteiger partial charge in [0.05, 0.1) is 12.3 Å². The number of amides is 2. The van der Waals surface area contributed by atoms with E-state index in [4.69, 9.17) is 4.42 Å². The molecule has 3 aromatic rings. The summed E-state index contributed by atoms with van der Waals surface area (Å²) >= 11 is 0. The maximum atomic E-state index is 12.6. The topological polar surface area (TPSA) is 74.6 Å². The second-order valence-electron chi connectivity index (χ2n) is 6.86. The molecule has 1 atom stereocenters. The lowest BCUT2D eigenvalue weighted by Gasteiger charge is -2.28. The van der Waals surface area contributed by atoms with Crippen LogP contribution in [0.25, 0.3) is 0 Å². The molecule has 6 heteroatoms. The van der Waals surface area contributed by atoms with Crippen LogP contribution < -0.4 is 10.6 Å². The zero-order valence-electron chi connectivity index (χ0n) is 17.3. The van der Waals surface area contributed by atoms with Crippen molar-refractivity contribution in [2.75, 3.05) is 25.0 Å². The second kappa shape index (κ2) is 10.4. The van der Waals surface area contributed by atoms with Crippen molar-refractivity contribution in [2.45, 2.75) is 19.9 Å². The number of benzene rings is 2. The van der Waals surface area contributed by atoms with Gasteiger partial charge >= 0.3 is 0 Å². The van der Waals surface area contributed by atoms with Crippen LogP contribution in [0.2, 0.25) is 0 Å². The van der Waals surface area contributed by atoms with Gasteiger partial charge in [-0.05, 0) is 61.6 Å². The normalized spacial score (nSPS) is 11.8. The molecule has 3 rings (SSSR count). The summed E-state index contributed by atoms with van der Waals surface area (Å²) in [7, 11) is 0. The number of carbonyl (C=O) groups excluding carboxylic acids is 2. The molecule has 1 unspecified atom stereocenters. The standard InChI is InChI=1S/C24H27N3O3/c1-3-27(4-2)21(22-11-8-16-30-22)17-25-23(28)19-12-14-20(15-13-19)26-24(29)18-9-6-5-7-10-18/h5-16,21H,3-4,17H2,1-2H3,(H,25,28)(H,26,29). The van der Waals surface area contributed by atoms with E-state index in [0.717, 1.165) is 18.8 Å². The summed E-state index contributed by atoms with van der Waals surface area (Å²) in [6.45, 7) is 6.33. The van der Waals surface area contributed by atoms with Crippen molar-refractivity contribution in [3.05, 3.63) is 89.9 Å². The lowest BCUT2D eigenvalue weighted by molar-refractivity contribution is 0.0929. The lowest BCUT2D eigenvalue weighted by atomic mass is 10.1. The van der Waals surface area contributed by atoms with Gasteiger partial charge in [0.25, 0.3) is 11.8 Å². The van der Waals surface area contributed by atoms with Gasteiger partial charge in [0.1, 0.15) is 5.76 Å². The highest BCUT2D eigenvalue weighted by Crippen LogP contribution is 2.20. The van der Waals surface area contributed by atoms with Gasteiger partial charge in [0.2, 0.25) is 0 Å². The van der Waals surface area contributed by atoms with E-state index in [0.29, 0.717) is 23.4 Å². The van der Waals surface area contributed by atoms with Crippen LogP contribution in [0.5, 0.6) is 0 Å². The zero-order valence-corrected chi connectivity index (χ0v) is 17.3. The number of rotatable bonds is 9. The van der Waals surface area contributed by atoms with Gasteiger partial charge in [0.15, 0.2) is 0 Å². The van der Waals surface area contributed by atoms with Crippen LogP contribution in [-0.2, 0) is 0 Å². The zero-order chi connectivity index (χ0) is 21.3. The Balaban J connectivity index is 1.60. The van der Waals surface area contributed by atoms with Crippen LogP contribution in [-0.4, -0.2) is 36.3 Å². The molecule has 2 N–H and O–H groups in total. The fourth-order valence-electron chi connectivity index (χ4n) is 3.34. The van der Waals surface area contributed by atoms with Gasteiger partial charge in [-0.25, -0.2) is 0 Å². The van der Waals surface area contributed by atoms with E-state index in [1.54, 1.807) is 42.7 Å². The molecule has 0 saturated carbocycles. The Morgan fingerprint density at radius 3 is 2.13 bits per heavy atom. The van der Waals surface area contributed by atoms with Crippen molar-refractivity contribution in [1.29, 1.82) is 0 Å². The van der Waals surface area contributed by atoms with Gasteiger partial charge in [-0.1, -0.05) is 32.0 Å². The molecular formula is C24H27N3O3. The molecule has 156 valence electrons. The Morgan fingerprint density at radius 2 is 1.53 bits per heavy atom. The van der Waals surface area contributed by atoms with E-state index in [2.05, 4.69) is 29.4 Å². The summed E-state index contributed by atoms with van der Waals surface area (Å²) in [5, 5.41) is 5.83. The molecule has 0 fully saturated rings. The third kappa shape index (κ3) is 5.36. The number of hydrogen-bond acceptors (Lipinski definition) is 4. The van der Waals surface area contributed by atoms with Crippen LogP contribution in [0.1, 0.15) is 46.4 Å². The molecular weight excluding hydrogens is 378 g/mol. The third-order valence-corrected chi connectivity index (χ3v) is 5.02. The van der Waals surface area contributed by atoms with Crippen molar-refractivity contribution in [3.8, 4) is 0 Å². The Morgan fingerprint density at radius 1 is 0.867 bits per heavy atom. The summed E-state index contributed by atoms with van der Waals surface area (Å²) in [5.41, 5.74) is 1.75. The van der Waals surface area contributed by atoms with Gasteiger partial charge in [0, 0.05) is 23.4 Å². The van der Waals surface area contributed by atoms with Crippen LogP contribution >= 0.6 is 0 Å². The SMILES string of the molecule is CCN(CC)C(CNC(=O)c1ccc(NC(=O)c2ccccc2)cc1)c1ccco1. The van der Waals surface area contributed by atoms with Crippen LogP contribution in [0.3, 0.4) is 0 Å². The summed E-state index contributed by atoms with van der Waals surface area (Å²) in [6.07, 6.45) is 1.65. The maximum Gasteiger partial charge on any atom is 0.255 e. The quantitative estimate of drug-likeness (QED) is 0.555. The minimum absolute atomic E-state index is 0.0246. The number of likely N-dealkylation sites (N-methyl/N-ethyl adjacent to an activating group) is 1. The van der Waals surface area contributed by atoms with Gasteiger partial charge in [-0.3, -0.25) is 14.5 Å². The summed E-state index contributed by atoms with van der Waals surface area (Å²) in [4.78, 5) is 27.1. The highest BCUT2D eigenvalue weighted by Gasteiger charge is 2.21. The van der Waals surface area contributed by atoms with Gasteiger partial charge < -0.3 is 15.1 Å². The molecule has 0 bridgehead atoms. The van der Waals surface area contributed by atoms with Crippen molar-refractivity contribution >= 4 is 17.5 Å². The fourth-order valence-corrected chi connectivity index (χ4v) is 3.34. The minimum atomic E-state index is -0.187. The van der Waals surface area contributed by atoms with E-state index >= 15 is 0 Å². The first-order chi connectivity index (χ1) is 14.6. The number of carbonyl (C=O) groups is 2. The smallest absolute Gasteiger partial charge is 0.255 e. The van der Waals surface area contributed by atoms with Gasteiger partial charge in [-0.2, -0.15) is 0 Å². The molecule has 30 heavy (non-hydrogen) atoms. The Hall–Kier alpha value is -3.38. The number of hydrogen-bond donors (Lipinski definition) is 2. The highest BCUT2D eigenvalue weighted by molar-refractivity contribution is 6.04. The van der Waals surface area contributed by atoms with E-state index in [1.807, 2.05) is 30.3 Å². The average Bonchev–Trinajstić information content (AvgIpc) is 3.32. The molecule has 2 amide bonds. The van der Waals surface area contributed by atoms with Crippen molar-refractivity contribution < 1.29 is 14.0 Å². The first-order valence-corrected chi connectivity index (χ1v) is 10.1. The van der Waals surface area contributed by atoms with E-state index in [1.165, 1.54) is 0 Å². The van der Waals surface area contributed by atoms with Crippen molar-refractivity contribution in [2.24, 2.45) is 0 Å². The molecule has 0 aliphatic carbocycles.